The molecular formula is C10H18N2S. The SMILES string of the molecule is CCCCn1ccc(CSCC)n1. The molecule has 0 amide bonds. The fourth-order valence-electron chi connectivity index (χ4n) is 1.13. The summed E-state index contributed by atoms with van der Waals surface area (Å²) < 4.78 is 2.05. The third-order valence-corrected chi connectivity index (χ3v) is 2.80. The maximum Gasteiger partial charge on any atom is 0.0723 e. The molecule has 0 saturated carbocycles. The van der Waals surface area contributed by atoms with Crippen molar-refractivity contribution in [1.82, 2.24) is 9.78 Å². The molecule has 2 nitrogen and oxygen atoms in total. The third kappa shape index (κ3) is 3.85. The van der Waals surface area contributed by atoms with Crippen molar-refractivity contribution < 1.29 is 0 Å². The molecule has 0 saturated heterocycles. The summed E-state index contributed by atoms with van der Waals surface area (Å²) in [5, 5.41) is 4.48. The van der Waals surface area contributed by atoms with Gasteiger partial charge in [-0.25, -0.2) is 0 Å². The summed E-state index contributed by atoms with van der Waals surface area (Å²) in [5.41, 5.74) is 1.21. The van der Waals surface area contributed by atoms with Crippen LogP contribution < -0.4 is 0 Å². The molecule has 0 N–H and O–H groups in total. The fraction of sp³-hybridized carbons (Fsp3) is 0.700. The number of thioether (sulfide) groups is 1. The Balaban J connectivity index is 2.34. The lowest BCUT2D eigenvalue weighted by Gasteiger charge is -1.98. The van der Waals surface area contributed by atoms with E-state index in [1.807, 2.05) is 11.8 Å². The van der Waals surface area contributed by atoms with Crippen LogP contribution in [0.2, 0.25) is 0 Å². The van der Waals surface area contributed by atoms with Crippen LogP contribution >= 0.6 is 11.8 Å². The summed E-state index contributed by atoms with van der Waals surface area (Å²) in [4.78, 5) is 0. The first-order chi connectivity index (χ1) is 6.36. The van der Waals surface area contributed by atoms with Crippen molar-refractivity contribution in [2.75, 3.05) is 5.75 Å². The second-order valence-corrected chi connectivity index (χ2v) is 4.34. The molecule has 0 aliphatic heterocycles. The molecule has 0 unspecified atom stereocenters. The predicted molar refractivity (Wildman–Crippen MR) is 59.0 cm³/mol. The van der Waals surface area contributed by atoms with Crippen molar-refractivity contribution in [2.45, 2.75) is 39.0 Å². The second kappa shape index (κ2) is 6.08. The molecule has 1 rings (SSSR count). The van der Waals surface area contributed by atoms with Crippen molar-refractivity contribution in [3.8, 4) is 0 Å². The molecular weight excluding hydrogens is 180 g/mol. The van der Waals surface area contributed by atoms with Gasteiger partial charge in [-0.05, 0) is 18.2 Å². The quantitative estimate of drug-likeness (QED) is 0.699. The van der Waals surface area contributed by atoms with Gasteiger partial charge in [0.25, 0.3) is 0 Å². The Kier molecular flexibility index (Phi) is 4.98. The van der Waals surface area contributed by atoms with E-state index >= 15 is 0 Å². The number of hydrogen-bond donors (Lipinski definition) is 0. The van der Waals surface area contributed by atoms with Gasteiger partial charge >= 0.3 is 0 Å². The molecule has 0 aliphatic rings. The highest BCUT2D eigenvalue weighted by Crippen LogP contribution is 2.09. The van der Waals surface area contributed by atoms with Gasteiger partial charge in [0, 0.05) is 18.5 Å². The lowest BCUT2D eigenvalue weighted by molar-refractivity contribution is 0.568. The van der Waals surface area contributed by atoms with Gasteiger partial charge in [-0.2, -0.15) is 16.9 Å². The Morgan fingerprint density at radius 2 is 2.31 bits per heavy atom. The molecule has 0 spiro atoms. The van der Waals surface area contributed by atoms with Gasteiger partial charge < -0.3 is 0 Å². The van der Waals surface area contributed by atoms with Crippen molar-refractivity contribution in [3.05, 3.63) is 18.0 Å². The zero-order chi connectivity index (χ0) is 9.52. The number of aromatic nitrogens is 2. The average molecular weight is 198 g/mol. The van der Waals surface area contributed by atoms with Crippen molar-refractivity contribution in [1.29, 1.82) is 0 Å². The number of hydrogen-bond acceptors (Lipinski definition) is 2. The second-order valence-electron chi connectivity index (χ2n) is 3.06. The van der Waals surface area contributed by atoms with E-state index in [2.05, 4.69) is 35.9 Å². The number of unbranched alkanes of at least 4 members (excludes halogenated alkanes) is 1. The number of rotatable bonds is 6. The number of aryl methyl sites for hydroxylation is 1. The minimum absolute atomic E-state index is 1.05. The van der Waals surface area contributed by atoms with E-state index in [4.69, 9.17) is 0 Å². The summed E-state index contributed by atoms with van der Waals surface area (Å²) in [6, 6.07) is 2.12. The van der Waals surface area contributed by atoms with Crippen molar-refractivity contribution >= 4 is 11.8 Å². The van der Waals surface area contributed by atoms with E-state index in [1.54, 1.807) is 0 Å². The van der Waals surface area contributed by atoms with Crippen LogP contribution in [0.25, 0.3) is 0 Å². The molecule has 3 heteroatoms. The Bertz CT molecular complexity index is 210. The van der Waals surface area contributed by atoms with E-state index < -0.39 is 0 Å². The first-order valence-corrected chi connectivity index (χ1v) is 6.12. The lowest BCUT2D eigenvalue weighted by atomic mass is 10.3. The van der Waals surface area contributed by atoms with Crippen LogP contribution in [0.4, 0.5) is 0 Å². The molecule has 0 bridgehead atoms. The van der Waals surface area contributed by atoms with E-state index in [0.717, 1.165) is 12.3 Å². The van der Waals surface area contributed by atoms with Crippen LogP contribution in [-0.2, 0) is 12.3 Å². The van der Waals surface area contributed by atoms with E-state index in [9.17, 15) is 0 Å². The van der Waals surface area contributed by atoms with Crippen LogP contribution in [0, 0.1) is 0 Å². The van der Waals surface area contributed by atoms with Gasteiger partial charge in [0.05, 0.1) is 5.69 Å². The highest BCUT2D eigenvalue weighted by atomic mass is 32.2. The lowest BCUT2D eigenvalue weighted by Crippen LogP contribution is -1.98. The van der Waals surface area contributed by atoms with Crippen molar-refractivity contribution in [2.24, 2.45) is 0 Å². The summed E-state index contributed by atoms with van der Waals surface area (Å²) in [6.45, 7) is 5.45. The van der Waals surface area contributed by atoms with E-state index in [1.165, 1.54) is 24.3 Å². The molecule has 0 aliphatic carbocycles. The summed E-state index contributed by atoms with van der Waals surface area (Å²) in [7, 11) is 0. The first-order valence-electron chi connectivity index (χ1n) is 4.97. The van der Waals surface area contributed by atoms with Gasteiger partial charge in [-0.15, -0.1) is 0 Å². The van der Waals surface area contributed by atoms with Gasteiger partial charge in [0.2, 0.25) is 0 Å². The van der Waals surface area contributed by atoms with Crippen LogP contribution in [0.3, 0.4) is 0 Å². The molecule has 0 aromatic carbocycles. The van der Waals surface area contributed by atoms with Gasteiger partial charge in [0.15, 0.2) is 0 Å². The maximum absolute atomic E-state index is 4.48. The molecule has 74 valence electrons. The Hall–Kier alpha value is -0.440. The zero-order valence-corrected chi connectivity index (χ0v) is 9.31. The fourth-order valence-corrected chi connectivity index (χ4v) is 1.70. The maximum atomic E-state index is 4.48. The topological polar surface area (TPSA) is 17.8 Å². The Labute approximate surface area is 84.7 Å². The van der Waals surface area contributed by atoms with Crippen LogP contribution in [0.5, 0.6) is 0 Å². The summed E-state index contributed by atoms with van der Waals surface area (Å²) in [6.07, 6.45) is 4.54. The average Bonchev–Trinajstić information content (AvgIpc) is 2.59. The molecule has 0 fully saturated rings. The molecule has 1 aromatic heterocycles. The smallest absolute Gasteiger partial charge is 0.0723 e. The zero-order valence-electron chi connectivity index (χ0n) is 8.49. The molecule has 1 aromatic rings. The van der Waals surface area contributed by atoms with Gasteiger partial charge in [-0.1, -0.05) is 20.3 Å². The largest absolute Gasteiger partial charge is 0.272 e. The first kappa shape index (κ1) is 10.6. The highest BCUT2D eigenvalue weighted by molar-refractivity contribution is 7.98. The van der Waals surface area contributed by atoms with Crippen molar-refractivity contribution in [3.63, 3.8) is 0 Å². The normalized spacial score (nSPS) is 10.6. The van der Waals surface area contributed by atoms with Gasteiger partial charge in [0.1, 0.15) is 0 Å². The summed E-state index contributed by atoms with van der Waals surface area (Å²) >= 11 is 1.92. The molecule has 1 heterocycles. The van der Waals surface area contributed by atoms with Crippen LogP contribution in [-0.4, -0.2) is 15.5 Å². The Morgan fingerprint density at radius 1 is 1.46 bits per heavy atom. The van der Waals surface area contributed by atoms with Gasteiger partial charge in [-0.3, -0.25) is 4.68 Å². The minimum atomic E-state index is 1.05. The molecule has 13 heavy (non-hydrogen) atoms. The molecule has 0 atom stereocenters. The Morgan fingerprint density at radius 3 is 3.00 bits per heavy atom. The molecule has 0 radical (unpaired) electrons. The summed E-state index contributed by atoms with van der Waals surface area (Å²) in [5.74, 6) is 2.22. The monoisotopic (exact) mass is 198 g/mol. The highest BCUT2D eigenvalue weighted by Gasteiger charge is 1.97. The third-order valence-electron chi connectivity index (χ3n) is 1.89. The predicted octanol–water partition coefficient (Wildman–Crippen LogP) is 2.94. The van der Waals surface area contributed by atoms with E-state index in [-0.39, 0.29) is 0 Å². The minimum Gasteiger partial charge on any atom is -0.272 e. The number of nitrogens with zero attached hydrogens (tertiary/aromatic N) is 2. The van der Waals surface area contributed by atoms with Crippen LogP contribution in [0.1, 0.15) is 32.4 Å². The standard InChI is InChI=1S/C10H18N2S/c1-3-5-7-12-8-6-10(11-12)9-13-4-2/h6,8H,3-5,7,9H2,1-2H3. The van der Waals surface area contributed by atoms with E-state index in [0.29, 0.717) is 0 Å². The van der Waals surface area contributed by atoms with Crippen LogP contribution in [0.15, 0.2) is 12.3 Å².